The highest BCUT2D eigenvalue weighted by atomic mass is 16.6. The Morgan fingerprint density at radius 3 is 2.67 bits per heavy atom. The second kappa shape index (κ2) is 7.19. The number of nitrogens with one attached hydrogen (secondary N) is 1. The Kier molecular flexibility index (Phi) is 4.82. The minimum absolute atomic E-state index is 0.118. The first kappa shape index (κ1) is 16.1. The highest BCUT2D eigenvalue weighted by molar-refractivity contribution is 6.11. The third kappa shape index (κ3) is 3.58. The lowest BCUT2D eigenvalue weighted by Gasteiger charge is -2.05. The average molecular weight is 322 g/mol. The van der Waals surface area contributed by atoms with Gasteiger partial charge in [-0.2, -0.15) is 0 Å². The first-order chi connectivity index (χ1) is 11.6. The van der Waals surface area contributed by atoms with Crippen molar-refractivity contribution >= 4 is 17.5 Å². The van der Waals surface area contributed by atoms with Gasteiger partial charge in [-0.15, -0.1) is 0 Å². The molecule has 2 aromatic carbocycles. The Labute approximate surface area is 140 Å². The van der Waals surface area contributed by atoms with E-state index in [0.717, 1.165) is 24.9 Å². The maximum atomic E-state index is 12.6. The molecule has 0 radical (unpaired) electrons. The highest BCUT2D eigenvalue weighted by Gasteiger charge is 2.21. The molecule has 5 heteroatoms. The number of carbonyl (C=O) groups is 1. The van der Waals surface area contributed by atoms with E-state index in [2.05, 4.69) is 5.32 Å². The van der Waals surface area contributed by atoms with Gasteiger partial charge in [0.15, 0.2) is 5.78 Å². The number of hydrogen-bond donors (Lipinski definition) is 1. The molecule has 1 atom stereocenters. The second-order valence-electron chi connectivity index (χ2n) is 5.79. The van der Waals surface area contributed by atoms with Crippen molar-refractivity contribution in [3.63, 3.8) is 0 Å². The Hall–Kier alpha value is -2.79. The van der Waals surface area contributed by atoms with Gasteiger partial charge in [0.2, 0.25) is 0 Å². The lowest BCUT2D eigenvalue weighted by atomic mass is 9.99. The Bertz CT molecular complexity index is 778. The molecule has 2 aromatic rings. The summed E-state index contributed by atoms with van der Waals surface area (Å²) in [5, 5.41) is 14.6. The third-order valence-electron chi connectivity index (χ3n) is 4.12. The summed E-state index contributed by atoms with van der Waals surface area (Å²) < 4.78 is 0. The molecule has 0 bridgehead atoms. The van der Waals surface area contributed by atoms with E-state index in [1.165, 1.54) is 6.07 Å². The Morgan fingerprint density at radius 2 is 2.00 bits per heavy atom. The van der Waals surface area contributed by atoms with Gasteiger partial charge in [-0.1, -0.05) is 42.5 Å². The summed E-state index contributed by atoms with van der Waals surface area (Å²) in [5.74, 6) is -0.337. The molecule has 0 spiro atoms. The fourth-order valence-corrected chi connectivity index (χ4v) is 2.85. The summed E-state index contributed by atoms with van der Waals surface area (Å²) >= 11 is 0. The Morgan fingerprint density at radius 1 is 1.21 bits per heavy atom. The van der Waals surface area contributed by atoms with Crippen molar-refractivity contribution < 1.29 is 9.72 Å². The zero-order valence-corrected chi connectivity index (χ0v) is 13.1. The molecule has 1 N–H and O–H groups in total. The minimum Gasteiger partial charge on any atom is -0.311 e. The lowest BCUT2D eigenvalue weighted by molar-refractivity contribution is -0.385. The van der Waals surface area contributed by atoms with Crippen LogP contribution < -0.4 is 5.32 Å². The topological polar surface area (TPSA) is 72.2 Å². The average Bonchev–Trinajstić information content (AvgIpc) is 3.13. The quantitative estimate of drug-likeness (QED) is 0.519. The number of carbonyl (C=O) groups excluding carboxylic acids is 1. The zero-order chi connectivity index (χ0) is 16.9. The number of nitro benzene ring substituents is 1. The van der Waals surface area contributed by atoms with Crippen molar-refractivity contribution in [3.8, 4) is 0 Å². The molecule has 1 heterocycles. The van der Waals surface area contributed by atoms with Crippen molar-refractivity contribution in [2.24, 2.45) is 0 Å². The lowest BCUT2D eigenvalue weighted by Crippen LogP contribution is -2.17. The van der Waals surface area contributed by atoms with Gasteiger partial charge in [-0.25, -0.2) is 0 Å². The van der Waals surface area contributed by atoms with Crippen LogP contribution in [0.2, 0.25) is 0 Å². The summed E-state index contributed by atoms with van der Waals surface area (Å²) in [6, 6.07) is 13.6. The fraction of sp³-hybridized carbons (Fsp3) is 0.211. The van der Waals surface area contributed by atoms with E-state index >= 15 is 0 Å². The largest absolute Gasteiger partial charge is 0.311 e. The van der Waals surface area contributed by atoms with Gasteiger partial charge in [0.1, 0.15) is 5.56 Å². The summed E-state index contributed by atoms with van der Waals surface area (Å²) in [6.07, 6.45) is 6.19. The van der Waals surface area contributed by atoms with E-state index in [0.29, 0.717) is 11.6 Å². The normalized spacial score (nSPS) is 17.2. The number of nitrogens with zero attached hydrogens (tertiary/aromatic N) is 1. The van der Waals surface area contributed by atoms with Crippen LogP contribution in [0.25, 0.3) is 6.08 Å². The Balaban J connectivity index is 1.94. The van der Waals surface area contributed by atoms with Crippen LogP contribution in [0.4, 0.5) is 5.69 Å². The van der Waals surface area contributed by atoms with Crippen molar-refractivity contribution in [2.45, 2.75) is 18.9 Å². The molecule has 1 saturated heterocycles. The van der Waals surface area contributed by atoms with Crippen molar-refractivity contribution in [1.82, 2.24) is 5.32 Å². The number of benzene rings is 2. The summed E-state index contributed by atoms with van der Waals surface area (Å²) in [4.78, 5) is 23.4. The molecular weight excluding hydrogens is 304 g/mol. The van der Waals surface area contributed by atoms with Crippen molar-refractivity contribution in [3.05, 3.63) is 81.4 Å². The first-order valence-electron chi connectivity index (χ1n) is 7.95. The van der Waals surface area contributed by atoms with E-state index in [9.17, 15) is 14.9 Å². The molecule has 3 rings (SSSR count). The maximum Gasteiger partial charge on any atom is 0.280 e. The maximum absolute atomic E-state index is 12.6. The molecule has 0 amide bonds. The second-order valence-corrected chi connectivity index (χ2v) is 5.79. The van der Waals surface area contributed by atoms with E-state index in [4.69, 9.17) is 0 Å². The summed E-state index contributed by atoms with van der Waals surface area (Å²) in [7, 11) is 0. The molecule has 24 heavy (non-hydrogen) atoms. The number of hydrogen-bond acceptors (Lipinski definition) is 4. The molecule has 0 saturated carbocycles. The summed E-state index contributed by atoms with van der Waals surface area (Å²) in [6.45, 7) is 1.01. The molecule has 0 aromatic heterocycles. The van der Waals surface area contributed by atoms with Crippen LogP contribution in [0.3, 0.4) is 0 Å². The predicted octanol–water partition coefficient (Wildman–Crippen LogP) is 3.59. The van der Waals surface area contributed by atoms with Crippen LogP contribution in [0.15, 0.2) is 54.6 Å². The molecule has 0 aliphatic carbocycles. The SMILES string of the molecule is O=C(c1ccccc1)c1cc(/C=C/C2CCCN2)ccc1[N+](=O)[O-]. The van der Waals surface area contributed by atoms with E-state index in [1.54, 1.807) is 42.5 Å². The van der Waals surface area contributed by atoms with Gasteiger partial charge >= 0.3 is 0 Å². The number of ketones is 1. The molecule has 5 nitrogen and oxygen atoms in total. The smallest absolute Gasteiger partial charge is 0.280 e. The van der Waals surface area contributed by atoms with Gasteiger partial charge in [-0.05, 0) is 37.1 Å². The van der Waals surface area contributed by atoms with Crippen LogP contribution >= 0.6 is 0 Å². The van der Waals surface area contributed by atoms with Gasteiger partial charge < -0.3 is 5.32 Å². The standard InChI is InChI=1S/C19H18N2O3/c22-19(15-5-2-1-3-6-15)17-13-14(9-11-18(17)21(23)24)8-10-16-7-4-12-20-16/h1-3,5-6,8-11,13,16,20H,4,7,12H2/b10-8+. The number of nitro groups is 1. The molecule has 1 aliphatic rings. The molecular formula is C19H18N2O3. The van der Waals surface area contributed by atoms with E-state index in [1.807, 2.05) is 12.2 Å². The van der Waals surface area contributed by atoms with Gasteiger partial charge in [0.05, 0.1) is 4.92 Å². The first-order valence-corrected chi connectivity index (χ1v) is 7.95. The number of rotatable bonds is 5. The summed E-state index contributed by atoms with van der Waals surface area (Å²) in [5.41, 5.74) is 1.18. The van der Waals surface area contributed by atoms with E-state index in [-0.39, 0.29) is 17.0 Å². The highest BCUT2D eigenvalue weighted by Crippen LogP contribution is 2.24. The molecule has 122 valence electrons. The minimum atomic E-state index is -0.512. The van der Waals surface area contributed by atoms with Crippen LogP contribution in [-0.2, 0) is 0 Å². The van der Waals surface area contributed by atoms with Crippen LogP contribution in [0.1, 0.15) is 34.3 Å². The van der Waals surface area contributed by atoms with Crippen LogP contribution in [-0.4, -0.2) is 23.3 Å². The predicted molar refractivity (Wildman–Crippen MR) is 93.0 cm³/mol. The van der Waals surface area contributed by atoms with Crippen molar-refractivity contribution in [2.75, 3.05) is 6.54 Å². The molecule has 1 unspecified atom stereocenters. The van der Waals surface area contributed by atoms with Crippen LogP contribution in [0, 0.1) is 10.1 Å². The zero-order valence-electron chi connectivity index (χ0n) is 13.1. The van der Waals surface area contributed by atoms with Gasteiger partial charge in [0.25, 0.3) is 5.69 Å². The van der Waals surface area contributed by atoms with Gasteiger partial charge in [0, 0.05) is 17.7 Å². The van der Waals surface area contributed by atoms with Crippen molar-refractivity contribution in [1.29, 1.82) is 0 Å². The monoisotopic (exact) mass is 322 g/mol. The van der Waals surface area contributed by atoms with E-state index < -0.39 is 4.92 Å². The third-order valence-corrected chi connectivity index (χ3v) is 4.12. The molecule has 1 aliphatic heterocycles. The van der Waals surface area contributed by atoms with Gasteiger partial charge in [-0.3, -0.25) is 14.9 Å². The van der Waals surface area contributed by atoms with Crippen LogP contribution in [0.5, 0.6) is 0 Å². The molecule has 1 fully saturated rings. The fourth-order valence-electron chi connectivity index (χ4n) is 2.85.